The Hall–Kier alpha value is -1.19. The van der Waals surface area contributed by atoms with E-state index in [0.29, 0.717) is 12.6 Å². The predicted octanol–water partition coefficient (Wildman–Crippen LogP) is 2.68. The van der Waals surface area contributed by atoms with Gasteiger partial charge in [0.25, 0.3) is 0 Å². The van der Waals surface area contributed by atoms with E-state index in [0.717, 1.165) is 43.7 Å². The van der Waals surface area contributed by atoms with Crippen LogP contribution in [0.3, 0.4) is 0 Å². The molecule has 0 amide bonds. The molecule has 3 nitrogen and oxygen atoms in total. The van der Waals surface area contributed by atoms with Crippen LogP contribution >= 0.6 is 0 Å². The molecule has 2 rings (SSSR count). The van der Waals surface area contributed by atoms with Gasteiger partial charge in [-0.15, -0.1) is 0 Å². The molecule has 1 saturated heterocycles. The third kappa shape index (κ3) is 3.88. The summed E-state index contributed by atoms with van der Waals surface area (Å²) < 4.78 is 5.64. The standard InChI is InChI=1S/C16H23NO2/c1-3-17(11-14-8-6-10-19-14)12-16(18)15-9-5-4-7-13(15)2/h4-5,7,9,14H,3,6,8,10-12H2,1-2H3. The first-order valence-electron chi connectivity index (χ1n) is 7.13. The molecule has 1 aliphatic heterocycles. The molecule has 1 unspecified atom stereocenters. The fraction of sp³-hybridized carbons (Fsp3) is 0.562. The molecule has 0 N–H and O–H groups in total. The van der Waals surface area contributed by atoms with Gasteiger partial charge < -0.3 is 4.74 Å². The Morgan fingerprint density at radius 1 is 1.42 bits per heavy atom. The van der Waals surface area contributed by atoms with E-state index in [2.05, 4.69) is 11.8 Å². The maximum atomic E-state index is 12.3. The Balaban J connectivity index is 1.94. The quantitative estimate of drug-likeness (QED) is 0.737. The number of hydrogen-bond acceptors (Lipinski definition) is 3. The lowest BCUT2D eigenvalue weighted by Crippen LogP contribution is -2.36. The van der Waals surface area contributed by atoms with E-state index < -0.39 is 0 Å². The summed E-state index contributed by atoms with van der Waals surface area (Å²) in [6, 6.07) is 7.80. The van der Waals surface area contributed by atoms with E-state index in [1.54, 1.807) is 0 Å². The highest BCUT2D eigenvalue weighted by atomic mass is 16.5. The van der Waals surface area contributed by atoms with Crippen LogP contribution in [-0.4, -0.2) is 43.0 Å². The zero-order valence-corrected chi connectivity index (χ0v) is 11.9. The SMILES string of the molecule is CCN(CC(=O)c1ccccc1C)CC1CCCO1. The monoisotopic (exact) mass is 261 g/mol. The van der Waals surface area contributed by atoms with Gasteiger partial charge in [-0.05, 0) is 31.9 Å². The Morgan fingerprint density at radius 3 is 2.84 bits per heavy atom. The average Bonchev–Trinajstić information content (AvgIpc) is 2.91. The van der Waals surface area contributed by atoms with Crippen molar-refractivity contribution in [1.29, 1.82) is 0 Å². The lowest BCUT2D eigenvalue weighted by atomic mass is 10.0. The molecule has 0 spiro atoms. The Bertz CT molecular complexity index is 425. The maximum Gasteiger partial charge on any atom is 0.177 e. The Morgan fingerprint density at radius 2 is 2.21 bits per heavy atom. The largest absolute Gasteiger partial charge is 0.377 e. The van der Waals surface area contributed by atoms with Crippen molar-refractivity contribution in [3.8, 4) is 0 Å². The normalized spacial score (nSPS) is 19.0. The van der Waals surface area contributed by atoms with E-state index >= 15 is 0 Å². The van der Waals surface area contributed by atoms with E-state index in [-0.39, 0.29) is 5.78 Å². The number of carbonyl (C=O) groups is 1. The Labute approximate surface area is 115 Å². The number of carbonyl (C=O) groups excluding carboxylic acids is 1. The molecule has 1 heterocycles. The number of nitrogens with zero attached hydrogens (tertiary/aromatic N) is 1. The van der Waals surface area contributed by atoms with Crippen LogP contribution in [0.4, 0.5) is 0 Å². The fourth-order valence-electron chi connectivity index (χ4n) is 2.56. The number of hydrogen-bond donors (Lipinski definition) is 0. The van der Waals surface area contributed by atoms with Crippen molar-refractivity contribution in [2.45, 2.75) is 32.8 Å². The minimum absolute atomic E-state index is 0.206. The summed E-state index contributed by atoms with van der Waals surface area (Å²) in [5.74, 6) is 0.206. The number of aryl methyl sites for hydroxylation is 1. The van der Waals surface area contributed by atoms with Gasteiger partial charge in [0.2, 0.25) is 0 Å². The first-order valence-corrected chi connectivity index (χ1v) is 7.13. The van der Waals surface area contributed by atoms with Crippen molar-refractivity contribution in [1.82, 2.24) is 4.90 Å². The molecule has 19 heavy (non-hydrogen) atoms. The van der Waals surface area contributed by atoms with E-state index in [4.69, 9.17) is 4.74 Å². The number of benzene rings is 1. The van der Waals surface area contributed by atoms with Crippen LogP contribution in [0.1, 0.15) is 35.7 Å². The van der Waals surface area contributed by atoms with Gasteiger partial charge in [0.15, 0.2) is 5.78 Å². The van der Waals surface area contributed by atoms with E-state index in [1.165, 1.54) is 0 Å². The van der Waals surface area contributed by atoms with Crippen LogP contribution in [0.2, 0.25) is 0 Å². The minimum Gasteiger partial charge on any atom is -0.377 e. The van der Waals surface area contributed by atoms with Crippen molar-refractivity contribution >= 4 is 5.78 Å². The molecule has 0 saturated carbocycles. The highest BCUT2D eigenvalue weighted by Crippen LogP contribution is 2.14. The molecule has 0 bridgehead atoms. The summed E-state index contributed by atoms with van der Waals surface area (Å²) in [4.78, 5) is 14.5. The molecule has 1 atom stereocenters. The van der Waals surface area contributed by atoms with Crippen LogP contribution in [0.5, 0.6) is 0 Å². The van der Waals surface area contributed by atoms with Crippen molar-refractivity contribution in [3.63, 3.8) is 0 Å². The molecule has 1 aromatic carbocycles. The second kappa shape index (κ2) is 6.83. The van der Waals surface area contributed by atoms with E-state index in [1.807, 2.05) is 31.2 Å². The summed E-state index contributed by atoms with van der Waals surface area (Å²) >= 11 is 0. The molecule has 104 valence electrons. The van der Waals surface area contributed by atoms with Gasteiger partial charge in [-0.3, -0.25) is 9.69 Å². The lowest BCUT2D eigenvalue weighted by molar-refractivity contribution is 0.0686. The summed E-state index contributed by atoms with van der Waals surface area (Å²) in [7, 11) is 0. The number of Topliss-reactive ketones (excluding diaryl/α,β-unsaturated/α-hetero) is 1. The molecule has 0 aromatic heterocycles. The summed E-state index contributed by atoms with van der Waals surface area (Å²) in [6.07, 6.45) is 2.58. The van der Waals surface area contributed by atoms with Crippen LogP contribution in [0.25, 0.3) is 0 Å². The van der Waals surface area contributed by atoms with Crippen LogP contribution in [0, 0.1) is 6.92 Å². The summed E-state index contributed by atoms with van der Waals surface area (Å²) in [5.41, 5.74) is 1.90. The van der Waals surface area contributed by atoms with Gasteiger partial charge in [0.05, 0.1) is 12.6 Å². The van der Waals surface area contributed by atoms with Crippen LogP contribution in [-0.2, 0) is 4.74 Å². The number of ketones is 1. The van der Waals surface area contributed by atoms with Gasteiger partial charge in [-0.1, -0.05) is 31.2 Å². The summed E-state index contributed by atoms with van der Waals surface area (Å²) in [5, 5.41) is 0. The van der Waals surface area contributed by atoms with Crippen molar-refractivity contribution < 1.29 is 9.53 Å². The molecule has 0 radical (unpaired) electrons. The fourth-order valence-corrected chi connectivity index (χ4v) is 2.56. The van der Waals surface area contributed by atoms with Crippen LogP contribution < -0.4 is 0 Å². The van der Waals surface area contributed by atoms with Crippen molar-refractivity contribution in [3.05, 3.63) is 35.4 Å². The minimum atomic E-state index is 0.206. The van der Waals surface area contributed by atoms with Gasteiger partial charge in [-0.25, -0.2) is 0 Å². The van der Waals surface area contributed by atoms with Gasteiger partial charge in [0, 0.05) is 18.7 Å². The average molecular weight is 261 g/mol. The first kappa shape index (κ1) is 14.2. The third-order valence-corrected chi connectivity index (χ3v) is 3.75. The van der Waals surface area contributed by atoms with Crippen LogP contribution in [0.15, 0.2) is 24.3 Å². The third-order valence-electron chi connectivity index (χ3n) is 3.75. The highest BCUT2D eigenvalue weighted by molar-refractivity contribution is 5.98. The number of rotatable bonds is 6. The van der Waals surface area contributed by atoms with Gasteiger partial charge in [0.1, 0.15) is 0 Å². The molecule has 3 heteroatoms. The van der Waals surface area contributed by atoms with Gasteiger partial charge in [-0.2, -0.15) is 0 Å². The second-order valence-corrected chi connectivity index (χ2v) is 5.20. The zero-order chi connectivity index (χ0) is 13.7. The molecular formula is C16H23NO2. The number of ether oxygens (including phenoxy) is 1. The predicted molar refractivity (Wildman–Crippen MR) is 76.6 cm³/mol. The Kier molecular flexibility index (Phi) is 5.11. The molecule has 1 aliphatic rings. The van der Waals surface area contributed by atoms with E-state index in [9.17, 15) is 4.79 Å². The zero-order valence-electron chi connectivity index (χ0n) is 11.9. The van der Waals surface area contributed by atoms with Gasteiger partial charge >= 0.3 is 0 Å². The number of likely N-dealkylation sites (N-methyl/N-ethyl adjacent to an activating group) is 1. The van der Waals surface area contributed by atoms with Crippen molar-refractivity contribution in [2.24, 2.45) is 0 Å². The smallest absolute Gasteiger partial charge is 0.177 e. The topological polar surface area (TPSA) is 29.5 Å². The first-order chi connectivity index (χ1) is 9.20. The molecular weight excluding hydrogens is 238 g/mol. The second-order valence-electron chi connectivity index (χ2n) is 5.20. The molecule has 1 fully saturated rings. The highest BCUT2D eigenvalue weighted by Gasteiger charge is 2.20. The molecule has 0 aliphatic carbocycles. The maximum absolute atomic E-state index is 12.3. The molecule has 1 aromatic rings. The lowest BCUT2D eigenvalue weighted by Gasteiger charge is -2.23. The van der Waals surface area contributed by atoms with Crippen molar-refractivity contribution in [2.75, 3.05) is 26.2 Å². The summed E-state index contributed by atoms with van der Waals surface area (Å²) in [6.45, 7) is 7.20.